The summed E-state index contributed by atoms with van der Waals surface area (Å²) in [6, 6.07) is 0.471. The second-order valence-electron chi connectivity index (χ2n) is 6.45. The highest BCUT2D eigenvalue weighted by atomic mass is 15.3. The zero-order valence-electron chi connectivity index (χ0n) is 12.3. The van der Waals surface area contributed by atoms with Gasteiger partial charge in [0.25, 0.3) is 0 Å². The molecule has 0 aliphatic heterocycles. The molecule has 0 amide bonds. The van der Waals surface area contributed by atoms with Gasteiger partial charge in [-0.25, -0.2) is 0 Å². The lowest BCUT2D eigenvalue weighted by atomic mass is 9.89. The Morgan fingerprint density at radius 3 is 2.89 bits per heavy atom. The second kappa shape index (κ2) is 5.66. The molecule has 106 valence electrons. The molecule has 19 heavy (non-hydrogen) atoms. The third-order valence-corrected chi connectivity index (χ3v) is 5.22. The fourth-order valence-electron chi connectivity index (χ4n) is 4.24. The molecule has 0 saturated heterocycles. The summed E-state index contributed by atoms with van der Waals surface area (Å²) in [6.07, 6.45) is 11.4. The molecule has 1 aromatic rings. The van der Waals surface area contributed by atoms with Crippen molar-refractivity contribution in [1.29, 1.82) is 0 Å². The van der Waals surface area contributed by atoms with E-state index < -0.39 is 0 Å². The highest BCUT2D eigenvalue weighted by Gasteiger charge is 2.39. The summed E-state index contributed by atoms with van der Waals surface area (Å²) < 4.78 is 2.20. The molecule has 4 unspecified atom stereocenters. The van der Waals surface area contributed by atoms with Crippen LogP contribution in [-0.4, -0.2) is 16.3 Å². The fourth-order valence-corrected chi connectivity index (χ4v) is 4.24. The molecular weight excluding hydrogens is 234 g/mol. The molecule has 4 atom stereocenters. The van der Waals surface area contributed by atoms with Gasteiger partial charge in [-0.2, -0.15) is 5.10 Å². The maximum atomic E-state index is 4.59. The molecule has 3 nitrogen and oxygen atoms in total. The SMILES string of the molecule is CCNC(CC)c1cnn(CC2CC3CCC2C3)c1. The van der Waals surface area contributed by atoms with E-state index in [1.54, 1.807) is 0 Å². The number of aromatic nitrogens is 2. The zero-order chi connectivity index (χ0) is 13.2. The first-order valence-corrected chi connectivity index (χ1v) is 8.05. The van der Waals surface area contributed by atoms with Gasteiger partial charge in [0.1, 0.15) is 0 Å². The zero-order valence-corrected chi connectivity index (χ0v) is 12.3. The van der Waals surface area contributed by atoms with Gasteiger partial charge in [-0.15, -0.1) is 0 Å². The fraction of sp³-hybridized carbons (Fsp3) is 0.812. The van der Waals surface area contributed by atoms with Crippen LogP contribution in [0.2, 0.25) is 0 Å². The van der Waals surface area contributed by atoms with E-state index in [-0.39, 0.29) is 0 Å². The van der Waals surface area contributed by atoms with Gasteiger partial charge in [0, 0.05) is 24.3 Å². The van der Waals surface area contributed by atoms with Crippen LogP contribution in [0.1, 0.15) is 57.6 Å². The quantitative estimate of drug-likeness (QED) is 0.850. The third kappa shape index (κ3) is 2.71. The van der Waals surface area contributed by atoms with Crippen LogP contribution >= 0.6 is 0 Å². The first-order valence-electron chi connectivity index (χ1n) is 8.05. The van der Waals surface area contributed by atoms with Crippen molar-refractivity contribution in [3.05, 3.63) is 18.0 Å². The van der Waals surface area contributed by atoms with Crippen molar-refractivity contribution in [2.24, 2.45) is 17.8 Å². The Morgan fingerprint density at radius 1 is 1.37 bits per heavy atom. The molecule has 2 fully saturated rings. The molecule has 2 saturated carbocycles. The lowest BCUT2D eigenvalue weighted by Gasteiger charge is -2.21. The smallest absolute Gasteiger partial charge is 0.0537 e. The number of nitrogens with zero attached hydrogens (tertiary/aromatic N) is 2. The van der Waals surface area contributed by atoms with Gasteiger partial charge in [0.2, 0.25) is 0 Å². The highest BCUT2D eigenvalue weighted by Crippen LogP contribution is 2.48. The molecule has 0 aromatic carbocycles. The van der Waals surface area contributed by atoms with Crippen molar-refractivity contribution in [1.82, 2.24) is 15.1 Å². The molecule has 1 aromatic heterocycles. The predicted molar refractivity (Wildman–Crippen MR) is 77.9 cm³/mol. The van der Waals surface area contributed by atoms with E-state index >= 15 is 0 Å². The van der Waals surface area contributed by atoms with Gasteiger partial charge in [-0.1, -0.05) is 20.3 Å². The third-order valence-electron chi connectivity index (χ3n) is 5.22. The molecule has 3 rings (SSSR count). The van der Waals surface area contributed by atoms with Crippen LogP contribution in [-0.2, 0) is 6.54 Å². The Kier molecular flexibility index (Phi) is 3.92. The molecule has 1 N–H and O–H groups in total. The summed E-state index contributed by atoms with van der Waals surface area (Å²) in [5, 5.41) is 8.12. The second-order valence-corrected chi connectivity index (χ2v) is 6.45. The average Bonchev–Trinajstić information content (AvgIpc) is 3.12. The van der Waals surface area contributed by atoms with Crippen molar-refractivity contribution >= 4 is 0 Å². The van der Waals surface area contributed by atoms with Crippen LogP contribution in [0, 0.1) is 17.8 Å². The minimum Gasteiger partial charge on any atom is -0.310 e. The van der Waals surface area contributed by atoms with E-state index in [0.717, 1.165) is 37.3 Å². The monoisotopic (exact) mass is 261 g/mol. The van der Waals surface area contributed by atoms with Crippen LogP contribution < -0.4 is 5.32 Å². The van der Waals surface area contributed by atoms with Crippen molar-refractivity contribution in [3.8, 4) is 0 Å². The van der Waals surface area contributed by atoms with Crippen LogP contribution in [0.4, 0.5) is 0 Å². The van der Waals surface area contributed by atoms with Crippen LogP contribution in [0.15, 0.2) is 12.4 Å². The summed E-state index contributed by atoms with van der Waals surface area (Å²) in [5.74, 6) is 2.93. The maximum absolute atomic E-state index is 4.59. The molecule has 0 spiro atoms. The van der Waals surface area contributed by atoms with Crippen molar-refractivity contribution in [3.63, 3.8) is 0 Å². The highest BCUT2D eigenvalue weighted by molar-refractivity contribution is 5.10. The Morgan fingerprint density at radius 2 is 2.26 bits per heavy atom. The lowest BCUT2D eigenvalue weighted by Crippen LogP contribution is -2.20. The van der Waals surface area contributed by atoms with Gasteiger partial charge in [-0.05, 0) is 50.0 Å². The Labute approximate surface area is 116 Å². The normalized spacial score (nSPS) is 30.9. The summed E-state index contributed by atoms with van der Waals surface area (Å²) >= 11 is 0. The van der Waals surface area contributed by atoms with Crippen LogP contribution in [0.25, 0.3) is 0 Å². The van der Waals surface area contributed by atoms with E-state index in [2.05, 4.69) is 41.3 Å². The molecule has 1 heterocycles. The van der Waals surface area contributed by atoms with Crippen LogP contribution in [0.3, 0.4) is 0 Å². The standard InChI is InChI=1S/C16H27N3/c1-3-16(17-4-2)15-9-18-19(11-15)10-14-8-12-5-6-13(14)7-12/h9,11-14,16-17H,3-8,10H2,1-2H3. The molecule has 2 aliphatic carbocycles. The Bertz CT molecular complexity index is 412. The lowest BCUT2D eigenvalue weighted by molar-refractivity contribution is 0.285. The van der Waals surface area contributed by atoms with Crippen LogP contribution in [0.5, 0.6) is 0 Å². The van der Waals surface area contributed by atoms with E-state index in [1.165, 1.54) is 31.2 Å². The largest absolute Gasteiger partial charge is 0.310 e. The van der Waals surface area contributed by atoms with E-state index in [4.69, 9.17) is 0 Å². The average molecular weight is 261 g/mol. The first kappa shape index (κ1) is 13.2. The molecule has 0 radical (unpaired) electrons. The Balaban J connectivity index is 1.61. The topological polar surface area (TPSA) is 29.9 Å². The first-order chi connectivity index (χ1) is 9.30. The summed E-state index contributed by atoms with van der Waals surface area (Å²) in [5.41, 5.74) is 1.35. The van der Waals surface area contributed by atoms with Gasteiger partial charge in [0.15, 0.2) is 0 Å². The summed E-state index contributed by atoms with van der Waals surface area (Å²) in [7, 11) is 0. The maximum Gasteiger partial charge on any atom is 0.0537 e. The van der Waals surface area contributed by atoms with E-state index in [0.29, 0.717) is 6.04 Å². The van der Waals surface area contributed by atoms with Crippen molar-refractivity contribution in [2.45, 2.75) is 58.5 Å². The van der Waals surface area contributed by atoms with Gasteiger partial charge in [0.05, 0.1) is 6.20 Å². The van der Waals surface area contributed by atoms with E-state index in [1.807, 2.05) is 0 Å². The molecule has 3 heteroatoms. The van der Waals surface area contributed by atoms with Crippen molar-refractivity contribution < 1.29 is 0 Å². The summed E-state index contributed by atoms with van der Waals surface area (Å²) in [6.45, 7) is 6.57. The Hall–Kier alpha value is -0.830. The summed E-state index contributed by atoms with van der Waals surface area (Å²) in [4.78, 5) is 0. The van der Waals surface area contributed by atoms with Crippen molar-refractivity contribution in [2.75, 3.05) is 6.54 Å². The van der Waals surface area contributed by atoms with Gasteiger partial charge in [-0.3, -0.25) is 4.68 Å². The van der Waals surface area contributed by atoms with Gasteiger partial charge >= 0.3 is 0 Å². The minimum absolute atomic E-state index is 0.471. The number of fused-ring (bicyclic) bond motifs is 2. The number of hydrogen-bond donors (Lipinski definition) is 1. The number of hydrogen-bond acceptors (Lipinski definition) is 2. The number of nitrogens with one attached hydrogen (secondary N) is 1. The number of rotatable bonds is 6. The minimum atomic E-state index is 0.471. The molecule has 2 aliphatic rings. The molecule has 2 bridgehead atoms. The van der Waals surface area contributed by atoms with Gasteiger partial charge < -0.3 is 5.32 Å². The predicted octanol–water partition coefficient (Wildman–Crippen LogP) is 3.38. The van der Waals surface area contributed by atoms with E-state index in [9.17, 15) is 0 Å². The molecular formula is C16H27N3.